The normalized spacial score (nSPS) is 9.62. The lowest BCUT2D eigenvalue weighted by Crippen LogP contribution is -2.15. The maximum Gasteiger partial charge on any atom is 0.228 e. The van der Waals surface area contributed by atoms with Crippen molar-refractivity contribution in [1.82, 2.24) is 0 Å². The van der Waals surface area contributed by atoms with E-state index < -0.39 is 0 Å². The number of aliphatic hydroxyl groups excluding tert-OH is 1. The zero-order valence-corrected chi connectivity index (χ0v) is 12.0. The summed E-state index contributed by atoms with van der Waals surface area (Å²) in [6, 6.07) is 14.5. The average molecular weight is 300 g/mol. The molecule has 3 nitrogen and oxygen atoms in total. The van der Waals surface area contributed by atoms with Crippen LogP contribution in [0.4, 0.5) is 5.69 Å². The summed E-state index contributed by atoms with van der Waals surface area (Å²) in [6.45, 7) is -0.246. The predicted molar refractivity (Wildman–Crippen MR) is 84.2 cm³/mol. The summed E-state index contributed by atoms with van der Waals surface area (Å²) in [5.41, 5.74) is 2.10. The zero-order valence-electron chi connectivity index (χ0n) is 11.3. The second kappa shape index (κ2) is 7.49. The molecule has 4 heteroatoms. The quantitative estimate of drug-likeness (QED) is 0.856. The van der Waals surface area contributed by atoms with E-state index in [9.17, 15) is 4.79 Å². The third kappa shape index (κ3) is 4.64. The summed E-state index contributed by atoms with van der Waals surface area (Å²) in [6.07, 6.45) is 0.288. The first-order valence-corrected chi connectivity index (χ1v) is 6.80. The molecule has 2 rings (SSSR count). The number of carbonyl (C=O) groups is 1. The van der Waals surface area contributed by atoms with E-state index in [2.05, 4.69) is 17.2 Å². The fourth-order valence-electron chi connectivity index (χ4n) is 1.84. The number of carbonyl (C=O) groups excluding carboxylic acids is 1. The van der Waals surface area contributed by atoms with Crippen molar-refractivity contribution in [3.63, 3.8) is 0 Å². The maximum atomic E-state index is 12.1. The van der Waals surface area contributed by atoms with Crippen molar-refractivity contribution in [3.8, 4) is 11.8 Å². The first-order valence-electron chi connectivity index (χ1n) is 6.42. The van der Waals surface area contributed by atoms with Crippen LogP contribution in [0.1, 0.15) is 11.1 Å². The van der Waals surface area contributed by atoms with Gasteiger partial charge in [0.15, 0.2) is 0 Å². The zero-order chi connectivity index (χ0) is 15.1. The second-order valence-corrected chi connectivity index (χ2v) is 4.80. The van der Waals surface area contributed by atoms with E-state index in [0.29, 0.717) is 16.3 Å². The molecule has 0 saturated heterocycles. The van der Waals surface area contributed by atoms with Crippen LogP contribution >= 0.6 is 11.6 Å². The molecule has 0 aromatic heterocycles. The van der Waals surface area contributed by atoms with E-state index in [1.165, 1.54) is 0 Å². The fourth-order valence-corrected chi connectivity index (χ4v) is 2.01. The van der Waals surface area contributed by atoms with Crippen LogP contribution in [0, 0.1) is 11.8 Å². The van der Waals surface area contributed by atoms with Crippen LogP contribution in [0.2, 0.25) is 5.02 Å². The van der Waals surface area contributed by atoms with Crippen molar-refractivity contribution in [1.29, 1.82) is 0 Å². The summed E-state index contributed by atoms with van der Waals surface area (Å²) < 4.78 is 0. The van der Waals surface area contributed by atoms with Gasteiger partial charge in [-0.05, 0) is 23.8 Å². The lowest BCUT2D eigenvalue weighted by Gasteiger charge is -2.08. The molecule has 0 heterocycles. The Bertz CT molecular complexity index is 687. The third-order valence-corrected chi connectivity index (χ3v) is 3.00. The lowest BCUT2D eigenvalue weighted by molar-refractivity contribution is -0.115. The van der Waals surface area contributed by atoms with Gasteiger partial charge in [-0.2, -0.15) is 0 Å². The van der Waals surface area contributed by atoms with Crippen molar-refractivity contribution in [2.24, 2.45) is 0 Å². The molecule has 21 heavy (non-hydrogen) atoms. The lowest BCUT2D eigenvalue weighted by atomic mass is 10.1. The molecule has 0 fully saturated rings. The monoisotopic (exact) mass is 299 g/mol. The van der Waals surface area contributed by atoms with Gasteiger partial charge < -0.3 is 10.4 Å². The standard InChI is InChI=1S/C17H14ClNO2/c18-15-8-9-16(14(12-15)7-4-10-20)19-17(21)11-13-5-2-1-3-6-13/h1-3,5-6,8-9,12,20H,10-11H2,(H,19,21). The molecule has 0 atom stereocenters. The van der Waals surface area contributed by atoms with Crippen molar-refractivity contribution < 1.29 is 9.90 Å². The van der Waals surface area contributed by atoms with E-state index in [0.717, 1.165) is 5.56 Å². The van der Waals surface area contributed by atoms with E-state index in [1.807, 2.05) is 30.3 Å². The van der Waals surface area contributed by atoms with Crippen molar-refractivity contribution in [2.75, 3.05) is 11.9 Å². The average Bonchev–Trinajstić information content (AvgIpc) is 2.48. The number of hydrogen-bond acceptors (Lipinski definition) is 2. The molecule has 0 spiro atoms. The number of anilines is 1. The van der Waals surface area contributed by atoms with Crippen molar-refractivity contribution >= 4 is 23.2 Å². The highest BCUT2D eigenvalue weighted by Crippen LogP contribution is 2.20. The molecule has 0 aliphatic rings. The molecule has 1 amide bonds. The third-order valence-electron chi connectivity index (χ3n) is 2.77. The van der Waals surface area contributed by atoms with Crippen molar-refractivity contribution in [3.05, 3.63) is 64.7 Å². The van der Waals surface area contributed by atoms with Crippen LogP contribution < -0.4 is 5.32 Å². The van der Waals surface area contributed by atoms with Crippen LogP contribution in [0.5, 0.6) is 0 Å². The first kappa shape index (κ1) is 15.1. The number of aliphatic hydroxyl groups is 1. The van der Waals surface area contributed by atoms with Gasteiger partial charge in [0.1, 0.15) is 6.61 Å². The number of halogens is 1. The van der Waals surface area contributed by atoms with Crippen LogP contribution in [0.15, 0.2) is 48.5 Å². The Morgan fingerprint density at radius 3 is 2.67 bits per heavy atom. The minimum absolute atomic E-state index is 0.129. The first-order chi connectivity index (χ1) is 10.2. The Morgan fingerprint density at radius 1 is 1.19 bits per heavy atom. The molecule has 0 radical (unpaired) electrons. The van der Waals surface area contributed by atoms with Gasteiger partial charge in [0.2, 0.25) is 5.91 Å². The van der Waals surface area contributed by atoms with Crippen LogP contribution in [0.3, 0.4) is 0 Å². The molecular weight excluding hydrogens is 286 g/mol. The van der Waals surface area contributed by atoms with Gasteiger partial charge in [-0.3, -0.25) is 4.79 Å². The number of nitrogens with one attached hydrogen (secondary N) is 1. The summed E-state index contributed by atoms with van der Waals surface area (Å²) in [7, 11) is 0. The predicted octanol–water partition coefficient (Wildman–Crippen LogP) is 2.87. The Kier molecular flexibility index (Phi) is 5.39. The van der Waals surface area contributed by atoms with Crippen LogP contribution in [0.25, 0.3) is 0 Å². The fraction of sp³-hybridized carbons (Fsp3) is 0.118. The van der Waals surface area contributed by atoms with Crippen LogP contribution in [-0.2, 0) is 11.2 Å². The number of amides is 1. The Balaban J connectivity index is 2.13. The number of rotatable bonds is 3. The summed E-state index contributed by atoms with van der Waals surface area (Å²) in [5, 5.41) is 12.1. The molecule has 0 bridgehead atoms. The highest BCUT2D eigenvalue weighted by Gasteiger charge is 2.07. The van der Waals surface area contributed by atoms with Gasteiger partial charge in [0.25, 0.3) is 0 Å². The highest BCUT2D eigenvalue weighted by atomic mass is 35.5. The molecular formula is C17H14ClNO2. The van der Waals surface area contributed by atoms with E-state index in [1.54, 1.807) is 18.2 Å². The molecule has 0 unspecified atom stereocenters. The van der Waals surface area contributed by atoms with Gasteiger partial charge in [0, 0.05) is 10.6 Å². The maximum absolute atomic E-state index is 12.1. The minimum Gasteiger partial charge on any atom is -0.384 e. The SMILES string of the molecule is O=C(Cc1ccccc1)Nc1ccc(Cl)cc1C#CCO. The van der Waals surface area contributed by atoms with Crippen molar-refractivity contribution in [2.45, 2.75) is 6.42 Å². The Hall–Kier alpha value is -2.28. The number of hydrogen-bond donors (Lipinski definition) is 2. The summed E-state index contributed by atoms with van der Waals surface area (Å²) in [4.78, 5) is 12.1. The molecule has 2 N–H and O–H groups in total. The molecule has 106 valence electrons. The molecule has 0 aliphatic carbocycles. The van der Waals surface area contributed by atoms with E-state index >= 15 is 0 Å². The smallest absolute Gasteiger partial charge is 0.228 e. The van der Waals surface area contributed by atoms with E-state index in [-0.39, 0.29) is 18.9 Å². The summed E-state index contributed by atoms with van der Waals surface area (Å²) >= 11 is 5.92. The van der Waals surface area contributed by atoms with Gasteiger partial charge in [0.05, 0.1) is 12.1 Å². The van der Waals surface area contributed by atoms with Gasteiger partial charge >= 0.3 is 0 Å². The Labute approximate surface area is 128 Å². The van der Waals surface area contributed by atoms with Gasteiger partial charge in [-0.25, -0.2) is 0 Å². The summed E-state index contributed by atoms with van der Waals surface area (Å²) in [5.74, 6) is 5.20. The largest absolute Gasteiger partial charge is 0.384 e. The molecule has 2 aromatic carbocycles. The van der Waals surface area contributed by atoms with Crippen LogP contribution in [-0.4, -0.2) is 17.6 Å². The second-order valence-electron chi connectivity index (χ2n) is 4.36. The van der Waals surface area contributed by atoms with Gasteiger partial charge in [-0.15, -0.1) is 0 Å². The molecule has 2 aromatic rings. The molecule has 0 saturated carbocycles. The molecule has 0 aliphatic heterocycles. The van der Waals surface area contributed by atoms with E-state index in [4.69, 9.17) is 16.7 Å². The number of benzene rings is 2. The Morgan fingerprint density at radius 2 is 1.95 bits per heavy atom. The highest BCUT2D eigenvalue weighted by molar-refractivity contribution is 6.30. The van der Waals surface area contributed by atoms with Gasteiger partial charge in [-0.1, -0.05) is 53.8 Å². The minimum atomic E-state index is -0.246. The topological polar surface area (TPSA) is 49.3 Å².